The van der Waals surface area contributed by atoms with E-state index in [2.05, 4.69) is 0 Å². The topological polar surface area (TPSA) is 26.3 Å². The molecule has 0 unspecified atom stereocenters. The van der Waals surface area contributed by atoms with Gasteiger partial charge < -0.3 is 4.74 Å². The quantitative estimate of drug-likeness (QED) is 0.652. The minimum absolute atomic E-state index is 0.0994. The predicted octanol–water partition coefficient (Wildman–Crippen LogP) is 3.81. The van der Waals surface area contributed by atoms with Crippen LogP contribution in [0.15, 0.2) is 47.3 Å². The van der Waals surface area contributed by atoms with Crippen molar-refractivity contribution >= 4 is 31.5 Å². The zero-order chi connectivity index (χ0) is 12.5. The zero-order valence-corrected chi connectivity index (χ0v) is 10.8. The monoisotopic (exact) mass is 256 g/mol. The van der Waals surface area contributed by atoms with Gasteiger partial charge in [0.25, 0.3) is 0 Å². The van der Waals surface area contributed by atoms with Crippen molar-refractivity contribution in [2.45, 2.75) is 6.92 Å². The van der Waals surface area contributed by atoms with Gasteiger partial charge in [0, 0.05) is 20.2 Å². The van der Waals surface area contributed by atoms with Gasteiger partial charge in [0.1, 0.15) is 5.75 Å². The van der Waals surface area contributed by atoms with Crippen molar-refractivity contribution in [3.05, 3.63) is 52.7 Å². The van der Waals surface area contributed by atoms with Crippen molar-refractivity contribution in [2.24, 2.45) is 0 Å². The number of rotatable bonds is 2. The Morgan fingerprint density at radius 1 is 1.06 bits per heavy atom. The fourth-order valence-electron chi connectivity index (χ4n) is 2.04. The number of benzene rings is 2. The van der Waals surface area contributed by atoms with Gasteiger partial charge in [-0.3, -0.25) is 4.79 Å². The molecule has 1 aromatic heterocycles. The molecule has 0 N–H and O–H groups in total. The second kappa shape index (κ2) is 4.42. The van der Waals surface area contributed by atoms with Gasteiger partial charge in [-0.05, 0) is 37.3 Å². The van der Waals surface area contributed by atoms with Crippen molar-refractivity contribution in [1.29, 1.82) is 0 Å². The summed E-state index contributed by atoms with van der Waals surface area (Å²) in [6.07, 6.45) is 0. The summed E-state index contributed by atoms with van der Waals surface area (Å²) in [7, 11) is 0. The molecule has 0 aliphatic heterocycles. The summed E-state index contributed by atoms with van der Waals surface area (Å²) >= 11 is 1.63. The van der Waals surface area contributed by atoms with Gasteiger partial charge in [0.05, 0.1) is 6.61 Å². The largest absolute Gasteiger partial charge is 0.494 e. The van der Waals surface area contributed by atoms with E-state index in [1.165, 1.54) is 0 Å². The summed E-state index contributed by atoms with van der Waals surface area (Å²) in [5.74, 6) is 0.816. The van der Waals surface area contributed by atoms with E-state index in [1.54, 1.807) is 11.3 Å². The minimum atomic E-state index is 0.0994. The number of hydrogen-bond acceptors (Lipinski definition) is 3. The van der Waals surface area contributed by atoms with E-state index >= 15 is 0 Å². The summed E-state index contributed by atoms with van der Waals surface area (Å²) in [4.78, 5) is 12.3. The normalized spacial score (nSPS) is 10.9. The summed E-state index contributed by atoms with van der Waals surface area (Å²) < 4.78 is 7.46. The van der Waals surface area contributed by atoms with Crippen LogP contribution in [0, 0.1) is 0 Å². The average molecular weight is 256 g/mol. The maximum absolute atomic E-state index is 12.3. The Morgan fingerprint density at radius 3 is 2.67 bits per heavy atom. The molecule has 0 radical (unpaired) electrons. The van der Waals surface area contributed by atoms with Gasteiger partial charge in [-0.25, -0.2) is 0 Å². The average Bonchev–Trinajstić information content (AvgIpc) is 2.39. The lowest BCUT2D eigenvalue weighted by Gasteiger charge is -2.05. The molecule has 0 bridgehead atoms. The van der Waals surface area contributed by atoms with Gasteiger partial charge in [-0.15, -0.1) is 11.3 Å². The first-order chi connectivity index (χ1) is 8.79. The maximum atomic E-state index is 12.3. The first-order valence-corrected chi connectivity index (χ1v) is 6.69. The third kappa shape index (κ3) is 1.77. The van der Waals surface area contributed by atoms with Gasteiger partial charge in [-0.2, -0.15) is 0 Å². The molecule has 0 spiro atoms. The Hall–Kier alpha value is -1.87. The molecule has 0 aliphatic rings. The second-order valence-corrected chi connectivity index (χ2v) is 5.10. The van der Waals surface area contributed by atoms with Crippen molar-refractivity contribution in [3.63, 3.8) is 0 Å². The minimum Gasteiger partial charge on any atom is -0.494 e. The van der Waals surface area contributed by atoms with Crippen LogP contribution >= 0.6 is 11.3 Å². The molecule has 3 rings (SSSR count). The van der Waals surface area contributed by atoms with Crippen molar-refractivity contribution in [3.8, 4) is 5.75 Å². The highest BCUT2D eigenvalue weighted by atomic mass is 32.1. The fourth-order valence-corrected chi connectivity index (χ4v) is 3.14. The van der Waals surface area contributed by atoms with Crippen LogP contribution in [0.1, 0.15) is 6.92 Å². The van der Waals surface area contributed by atoms with Crippen LogP contribution in [-0.4, -0.2) is 6.61 Å². The lowest BCUT2D eigenvalue weighted by molar-refractivity contribution is 0.341. The van der Waals surface area contributed by atoms with Crippen LogP contribution in [0.2, 0.25) is 0 Å². The van der Waals surface area contributed by atoms with E-state index in [4.69, 9.17) is 4.74 Å². The summed E-state index contributed by atoms with van der Waals surface area (Å²) in [6, 6.07) is 13.4. The zero-order valence-electron chi connectivity index (χ0n) is 9.97. The lowest BCUT2D eigenvalue weighted by Crippen LogP contribution is -2.01. The first-order valence-electron chi connectivity index (χ1n) is 5.88. The van der Waals surface area contributed by atoms with Crippen molar-refractivity contribution in [2.75, 3.05) is 6.61 Å². The molecule has 18 heavy (non-hydrogen) atoms. The molecule has 0 saturated heterocycles. The summed E-state index contributed by atoms with van der Waals surface area (Å²) in [6.45, 7) is 2.58. The molecule has 1 heterocycles. The van der Waals surface area contributed by atoms with Gasteiger partial charge in [0.2, 0.25) is 0 Å². The predicted molar refractivity (Wildman–Crippen MR) is 76.8 cm³/mol. The highest BCUT2D eigenvalue weighted by Crippen LogP contribution is 2.27. The van der Waals surface area contributed by atoms with Crippen LogP contribution in [0.25, 0.3) is 20.2 Å². The fraction of sp³-hybridized carbons (Fsp3) is 0.133. The van der Waals surface area contributed by atoms with E-state index in [0.717, 1.165) is 25.9 Å². The standard InChI is InChI=1S/C15H12O2S/c1-2-17-10-7-8-12-14(9-10)18-13-6-4-3-5-11(13)15(12)16/h3-9H,2H2,1H3. The van der Waals surface area contributed by atoms with Gasteiger partial charge in [-0.1, -0.05) is 12.1 Å². The molecule has 2 aromatic carbocycles. The van der Waals surface area contributed by atoms with E-state index in [9.17, 15) is 4.79 Å². The van der Waals surface area contributed by atoms with Crippen LogP contribution in [0.3, 0.4) is 0 Å². The first kappa shape index (κ1) is 11.2. The van der Waals surface area contributed by atoms with Crippen LogP contribution < -0.4 is 10.2 Å². The highest BCUT2D eigenvalue weighted by Gasteiger charge is 2.06. The molecular formula is C15H12O2S. The third-order valence-corrected chi connectivity index (χ3v) is 3.99. The SMILES string of the molecule is CCOc1ccc2c(=O)c3ccccc3sc2c1. The molecule has 0 fully saturated rings. The summed E-state index contributed by atoms with van der Waals surface area (Å²) in [5.41, 5.74) is 0.0994. The Balaban J connectivity index is 2.37. The van der Waals surface area contributed by atoms with Gasteiger partial charge >= 0.3 is 0 Å². The summed E-state index contributed by atoms with van der Waals surface area (Å²) in [5, 5.41) is 1.56. The Kier molecular flexibility index (Phi) is 2.76. The van der Waals surface area contributed by atoms with Crippen LogP contribution in [0.5, 0.6) is 5.75 Å². The van der Waals surface area contributed by atoms with Crippen molar-refractivity contribution in [1.82, 2.24) is 0 Å². The van der Waals surface area contributed by atoms with E-state index in [0.29, 0.717) is 6.61 Å². The molecule has 3 heteroatoms. The van der Waals surface area contributed by atoms with Crippen LogP contribution in [0.4, 0.5) is 0 Å². The lowest BCUT2D eigenvalue weighted by atomic mass is 10.2. The molecular weight excluding hydrogens is 244 g/mol. The Morgan fingerprint density at radius 2 is 1.83 bits per heavy atom. The molecule has 0 atom stereocenters. The molecule has 0 aliphatic carbocycles. The van der Waals surface area contributed by atoms with Crippen molar-refractivity contribution < 1.29 is 4.74 Å². The number of ether oxygens (including phenoxy) is 1. The molecule has 2 nitrogen and oxygen atoms in total. The van der Waals surface area contributed by atoms with E-state index in [-0.39, 0.29) is 5.43 Å². The number of fused-ring (bicyclic) bond motifs is 2. The third-order valence-electron chi connectivity index (χ3n) is 2.86. The second-order valence-electron chi connectivity index (χ2n) is 4.02. The Labute approximate surface area is 108 Å². The molecule has 3 aromatic rings. The highest BCUT2D eigenvalue weighted by molar-refractivity contribution is 7.24. The van der Waals surface area contributed by atoms with Gasteiger partial charge in [0.15, 0.2) is 5.43 Å². The molecule has 0 amide bonds. The Bertz CT molecular complexity index is 774. The maximum Gasteiger partial charge on any atom is 0.195 e. The van der Waals surface area contributed by atoms with Crippen LogP contribution in [-0.2, 0) is 0 Å². The smallest absolute Gasteiger partial charge is 0.195 e. The molecule has 90 valence electrons. The van der Waals surface area contributed by atoms with E-state index in [1.807, 2.05) is 49.4 Å². The van der Waals surface area contributed by atoms with E-state index < -0.39 is 0 Å². The molecule has 0 saturated carbocycles. The number of hydrogen-bond donors (Lipinski definition) is 0.